The van der Waals surface area contributed by atoms with Crippen LogP contribution in [0.5, 0.6) is 0 Å². The molecule has 1 saturated heterocycles. The Morgan fingerprint density at radius 1 is 1.21 bits per heavy atom. The summed E-state index contributed by atoms with van der Waals surface area (Å²) in [6.45, 7) is 4.22. The summed E-state index contributed by atoms with van der Waals surface area (Å²) in [7, 11) is 5.48. The molecule has 0 aliphatic carbocycles. The highest BCUT2D eigenvalue weighted by Crippen LogP contribution is 2.39. The average molecular weight is 432 g/mol. The van der Waals surface area contributed by atoms with Crippen molar-refractivity contribution in [1.82, 2.24) is 19.8 Å². The second-order valence-corrected chi connectivity index (χ2v) is 9.11. The van der Waals surface area contributed by atoms with Gasteiger partial charge in [-0.3, -0.25) is 9.69 Å². The normalized spacial score (nSPS) is 15.0. The number of carbonyl (C=O) groups excluding carboxylic acids is 1. The molecule has 9 heteroatoms. The van der Waals surface area contributed by atoms with Crippen LogP contribution in [-0.2, 0) is 16.1 Å². The van der Waals surface area contributed by atoms with E-state index in [1.54, 1.807) is 41.7 Å². The fourth-order valence-electron chi connectivity index (χ4n) is 3.30. The fraction of sp³-hybridized carbons (Fsp3) is 0.450. The zero-order chi connectivity index (χ0) is 20.4. The molecule has 0 atom stereocenters. The maximum atomic E-state index is 12.3. The number of amides is 1. The van der Waals surface area contributed by atoms with Crippen molar-refractivity contribution in [3.05, 3.63) is 28.7 Å². The largest absolute Gasteiger partial charge is 0.379 e. The zero-order valence-corrected chi connectivity index (χ0v) is 18.6. The standard InChI is InChI=1S/C20H25N5O2S2/c1-23(2)17(26)12-24(3)19-18-14(15-5-4-10-28-15)13-29-20(18)22-16(21-19)11-25-6-8-27-9-7-25/h4-5,10,13H,6-9,11-12H2,1-3H3. The van der Waals surface area contributed by atoms with Crippen LogP contribution in [0.25, 0.3) is 20.7 Å². The lowest BCUT2D eigenvalue weighted by molar-refractivity contribution is -0.127. The first-order valence-electron chi connectivity index (χ1n) is 9.56. The summed E-state index contributed by atoms with van der Waals surface area (Å²) >= 11 is 3.34. The predicted octanol–water partition coefficient (Wildman–Crippen LogP) is 2.78. The third kappa shape index (κ3) is 4.42. The van der Waals surface area contributed by atoms with Crippen LogP contribution in [0.3, 0.4) is 0 Å². The number of hydrogen-bond acceptors (Lipinski definition) is 8. The van der Waals surface area contributed by atoms with Crippen molar-refractivity contribution in [2.75, 3.05) is 58.9 Å². The van der Waals surface area contributed by atoms with Gasteiger partial charge in [0.05, 0.1) is 31.7 Å². The van der Waals surface area contributed by atoms with Crippen LogP contribution in [0.2, 0.25) is 0 Å². The molecule has 4 rings (SSSR count). The van der Waals surface area contributed by atoms with Gasteiger partial charge in [0, 0.05) is 50.1 Å². The number of nitrogens with zero attached hydrogens (tertiary/aromatic N) is 5. The minimum absolute atomic E-state index is 0.0434. The molecule has 3 aromatic heterocycles. The van der Waals surface area contributed by atoms with Gasteiger partial charge in [-0.15, -0.1) is 22.7 Å². The number of carbonyl (C=O) groups is 1. The monoisotopic (exact) mass is 431 g/mol. The van der Waals surface area contributed by atoms with Gasteiger partial charge >= 0.3 is 0 Å². The molecule has 4 heterocycles. The molecular weight excluding hydrogens is 406 g/mol. The van der Waals surface area contributed by atoms with Gasteiger partial charge in [-0.1, -0.05) is 6.07 Å². The van der Waals surface area contributed by atoms with Gasteiger partial charge in [0.2, 0.25) is 5.91 Å². The molecule has 0 N–H and O–H groups in total. The lowest BCUT2D eigenvalue weighted by Gasteiger charge is -2.26. The highest BCUT2D eigenvalue weighted by Gasteiger charge is 2.21. The van der Waals surface area contributed by atoms with Crippen molar-refractivity contribution in [2.45, 2.75) is 6.54 Å². The van der Waals surface area contributed by atoms with Gasteiger partial charge in [-0.25, -0.2) is 9.97 Å². The topological polar surface area (TPSA) is 61.8 Å². The number of hydrogen-bond donors (Lipinski definition) is 0. The highest BCUT2D eigenvalue weighted by atomic mass is 32.1. The lowest BCUT2D eigenvalue weighted by atomic mass is 10.2. The Hall–Kier alpha value is -2.07. The fourth-order valence-corrected chi connectivity index (χ4v) is 5.08. The van der Waals surface area contributed by atoms with Crippen molar-refractivity contribution >= 4 is 44.6 Å². The Bertz CT molecular complexity index is 980. The number of ether oxygens (including phenoxy) is 1. The molecule has 1 fully saturated rings. The summed E-state index contributed by atoms with van der Waals surface area (Å²) in [6, 6.07) is 4.17. The second-order valence-electron chi connectivity index (χ2n) is 7.30. The van der Waals surface area contributed by atoms with Crippen molar-refractivity contribution < 1.29 is 9.53 Å². The first kappa shape index (κ1) is 20.2. The number of thiophene rings is 2. The van der Waals surface area contributed by atoms with Crippen LogP contribution in [0.4, 0.5) is 5.82 Å². The summed E-state index contributed by atoms with van der Waals surface area (Å²) in [5.41, 5.74) is 1.14. The number of rotatable bonds is 6. The number of anilines is 1. The van der Waals surface area contributed by atoms with E-state index in [4.69, 9.17) is 14.7 Å². The van der Waals surface area contributed by atoms with E-state index >= 15 is 0 Å². The Labute approximate surface area is 178 Å². The minimum atomic E-state index is 0.0434. The maximum Gasteiger partial charge on any atom is 0.241 e. The Morgan fingerprint density at radius 3 is 2.69 bits per heavy atom. The van der Waals surface area contributed by atoms with Gasteiger partial charge in [0.1, 0.15) is 16.5 Å². The Morgan fingerprint density at radius 2 is 2.00 bits per heavy atom. The van der Waals surface area contributed by atoms with Gasteiger partial charge in [-0.2, -0.15) is 0 Å². The van der Waals surface area contributed by atoms with E-state index < -0.39 is 0 Å². The predicted molar refractivity (Wildman–Crippen MR) is 119 cm³/mol. The number of morpholine rings is 1. The van der Waals surface area contributed by atoms with Crippen LogP contribution in [0.1, 0.15) is 5.82 Å². The molecule has 29 heavy (non-hydrogen) atoms. The molecule has 1 aliphatic heterocycles. The maximum absolute atomic E-state index is 12.3. The molecule has 0 spiro atoms. The van der Waals surface area contributed by atoms with Crippen LogP contribution in [0.15, 0.2) is 22.9 Å². The van der Waals surface area contributed by atoms with Crippen molar-refractivity contribution in [2.24, 2.45) is 0 Å². The Kier molecular flexibility index (Phi) is 6.09. The van der Waals surface area contributed by atoms with Crippen molar-refractivity contribution in [1.29, 1.82) is 0 Å². The first-order valence-corrected chi connectivity index (χ1v) is 11.3. The number of aromatic nitrogens is 2. The molecule has 1 amide bonds. The molecule has 7 nitrogen and oxygen atoms in total. The summed E-state index contributed by atoms with van der Waals surface area (Å²) < 4.78 is 5.45. The van der Waals surface area contributed by atoms with E-state index in [9.17, 15) is 4.79 Å². The average Bonchev–Trinajstić information content (AvgIpc) is 3.37. The number of fused-ring (bicyclic) bond motifs is 1. The summed E-state index contributed by atoms with van der Waals surface area (Å²) in [5.74, 6) is 1.65. The summed E-state index contributed by atoms with van der Waals surface area (Å²) in [6.07, 6.45) is 0. The van der Waals surface area contributed by atoms with Gasteiger partial charge in [0.15, 0.2) is 0 Å². The third-order valence-corrected chi connectivity index (χ3v) is 6.72. The molecular formula is C20H25N5O2S2. The van der Waals surface area contributed by atoms with Crippen LogP contribution in [-0.4, -0.2) is 79.7 Å². The van der Waals surface area contributed by atoms with Crippen molar-refractivity contribution in [3.8, 4) is 10.4 Å². The molecule has 0 saturated carbocycles. The smallest absolute Gasteiger partial charge is 0.241 e. The molecule has 3 aromatic rings. The third-order valence-electron chi connectivity index (χ3n) is 4.95. The van der Waals surface area contributed by atoms with Gasteiger partial charge in [0.25, 0.3) is 0 Å². The SMILES string of the molecule is CN(C)C(=O)CN(C)c1nc(CN2CCOCC2)nc2scc(-c3cccs3)c12. The quantitative estimate of drug-likeness (QED) is 0.598. The minimum Gasteiger partial charge on any atom is -0.379 e. The second kappa shape index (κ2) is 8.74. The van der Waals surface area contributed by atoms with E-state index in [1.807, 2.05) is 11.9 Å². The zero-order valence-electron chi connectivity index (χ0n) is 16.9. The lowest BCUT2D eigenvalue weighted by Crippen LogP contribution is -2.37. The molecule has 0 bridgehead atoms. The summed E-state index contributed by atoms with van der Waals surface area (Å²) in [5, 5.41) is 5.25. The van der Waals surface area contributed by atoms with Crippen LogP contribution >= 0.6 is 22.7 Å². The molecule has 154 valence electrons. The van der Waals surface area contributed by atoms with E-state index in [0.717, 1.165) is 53.7 Å². The van der Waals surface area contributed by atoms with Crippen LogP contribution in [0, 0.1) is 0 Å². The van der Waals surface area contributed by atoms with Gasteiger partial charge < -0.3 is 14.5 Å². The van der Waals surface area contributed by atoms with E-state index in [-0.39, 0.29) is 12.5 Å². The highest BCUT2D eigenvalue weighted by molar-refractivity contribution is 7.18. The molecule has 0 unspecified atom stereocenters. The number of likely N-dealkylation sites (N-methyl/N-ethyl adjacent to an activating group) is 2. The summed E-state index contributed by atoms with van der Waals surface area (Å²) in [4.78, 5) is 30.1. The van der Waals surface area contributed by atoms with E-state index in [0.29, 0.717) is 6.54 Å². The molecule has 0 radical (unpaired) electrons. The Balaban J connectivity index is 1.75. The van der Waals surface area contributed by atoms with E-state index in [2.05, 4.69) is 27.8 Å². The first-order chi connectivity index (χ1) is 14.0. The van der Waals surface area contributed by atoms with Crippen molar-refractivity contribution in [3.63, 3.8) is 0 Å². The molecule has 1 aliphatic rings. The van der Waals surface area contributed by atoms with Gasteiger partial charge in [-0.05, 0) is 11.4 Å². The van der Waals surface area contributed by atoms with E-state index in [1.165, 1.54) is 4.88 Å². The molecule has 0 aromatic carbocycles. The van der Waals surface area contributed by atoms with Crippen LogP contribution < -0.4 is 4.90 Å².